The predicted molar refractivity (Wildman–Crippen MR) is 137 cm³/mol. The molecule has 198 valence electrons. The molecule has 2 heterocycles. The maximum Gasteiger partial charge on any atom is 0.471 e. The van der Waals surface area contributed by atoms with Crippen LogP contribution >= 0.6 is 0 Å². The van der Waals surface area contributed by atoms with E-state index in [4.69, 9.17) is 4.98 Å². The average Bonchev–Trinajstić information content (AvgIpc) is 3.29. The SMILES string of the molecule is CC(Cc1nc2cc(/C=C/c3noc(C(F)(F)F)n3)ccc2n1CC(C)(C)CN(C)C)CC(C)(C)C. The van der Waals surface area contributed by atoms with Gasteiger partial charge in [-0.25, -0.2) is 4.98 Å². The van der Waals surface area contributed by atoms with E-state index in [-0.39, 0.29) is 16.7 Å². The summed E-state index contributed by atoms with van der Waals surface area (Å²) in [5.41, 5.74) is 2.98. The number of aromatic nitrogens is 4. The van der Waals surface area contributed by atoms with Crippen molar-refractivity contribution < 1.29 is 17.7 Å². The molecule has 0 aliphatic carbocycles. The summed E-state index contributed by atoms with van der Waals surface area (Å²) in [5, 5.41) is 3.39. The molecule has 0 N–H and O–H groups in total. The highest BCUT2D eigenvalue weighted by molar-refractivity contribution is 5.81. The van der Waals surface area contributed by atoms with Gasteiger partial charge in [-0.15, -0.1) is 0 Å². The van der Waals surface area contributed by atoms with Crippen molar-refractivity contribution >= 4 is 23.2 Å². The molecule has 36 heavy (non-hydrogen) atoms. The van der Waals surface area contributed by atoms with Crippen LogP contribution in [0.3, 0.4) is 0 Å². The van der Waals surface area contributed by atoms with E-state index in [9.17, 15) is 13.2 Å². The fourth-order valence-electron chi connectivity index (χ4n) is 4.98. The Hall–Kier alpha value is -2.68. The second-order valence-corrected chi connectivity index (χ2v) is 12.1. The normalized spacial score (nSPS) is 14.4. The maximum absolute atomic E-state index is 12.7. The summed E-state index contributed by atoms with van der Waals surface area (Å²) in [6.07, 6.45) is 0.380. The largest absolute Gasteiger partial charge is 0.471 e. The average molecular weight is 506 g/mol. The number of hydrogen-bond donors (Lipinski definition) is 0. The standard InChI is InChI=1S/C27H38F3N5O/c1-18(15-25(2,3)4)13-23-31-20-14-19(10-12-22-32-24(36-33-22)27(28,29)30)9-11-21(20)35(23)17-26(5,6)16-34(7)8/h9-12,14,18H,13,15-17H2,1-8H3/b12-10+. The van der Waals surface area contributed by atoms with Crippen LogP contribution in [0.25, 0.3) is 23.2 Å². The van der Waals surface area contributed by atoms with Crippen molar-refractivity contribution in [1.82, 2.24) is 24.6 Å². The molecule has 9 heteroatoms. The molecule has 0 amide bonds. The van der Waals surface area contributed by atoms with Gasteiger partial charge in [0.1, 0.15) is 5.82 Å². The lowest BCUT2D eigenvalue weighted by atomic mass is 9.84. The van der Waals surface area contributed by atoms with Crippen molar-refractivity contribution in [1.29, 1.82) is 0 Å². The van der Waals surface area contributed by atoms with Crippen LogP contribution in [0.4, 0.5) is 13.2 Å². The highest BCUT2D eigenvalue weighted by Crippen LogP contribution is 2.31. The molecule has 0 spiro atoms. The molecular formula is C27H38F3N5O. The summed E-state index contributed by atoms with van der Waals surface area (Å²) in [5.74, 6) is 0.0430. The zero-order chi connectivity index (χ0) is 26.9. The van der Waals surface area contributed by atoms with E-state index in [1.807, 2.05) is 18.2 Å². The first-order chi connectivity index (χ1) is 16.5. The van der Waals surface area contributed by atoms with E-state index in [2.05, 4.69) is 79.8 Å². The fourth-order valence-corrected chi connectivity index (χ4v) is 4.98. The molecule has 0 aliphatic heterocycles. The number of benzene rings is 1. The molecule has 0 bridgehead atoms. The molecule has 2 aromatic heterocycles. The number of halogens is 3. The molecular weight excluding hydrogens is 467 g/mol. The molecule has 1 atom stereocenters. The molecule has 6 nitrogen and oxygen atoms in total. The number of rotatable bonds is 9. The Labute approximate surface area is 211 Å². The monoisotopic (exact) mass is 505 g/mol. The smallest absolute Gasteiger partial charge is 0.329 e. The van der Waals surface area contributed by atoms with Gasteiger partial charge in [0.25, 0.3) is 0 Å². The van der Waals surface area contributed by atoms with Gasteiger partial charge in [-0.3, -0.25) is 0 Å². The first-order valence-corrected chi connectivity index (χ1v) is 12.3. The quantitative estimate of drug-likeness (QED) is 0.320. The van der Waals surface area contributed by atoms with Gasteiger partial charge in [0, 0.05) is 19.5 Å². The zero-order valence-electron chi connectivity index (χ0n) is 22.6. The summed E-state index contributed by atoms with van der Waals surface area (Å²) >= 11 is 0. The molecule has 0 saturated heterocycles. The number of hydrogen-bond acceptors (Lipinski definition) is 5. The van der Waals surface area contributed by atoms with Gasteiger partial charge in [0.05, 0.1) is 11.0 Å². The lowest BCUT2D eigenvalue weighted by molar-refractivity contribution is -0.159. The number of alkyl halides is 3. The molecule has 0 fully saturated rings. The highest BCUT2D eigenvalue weighted by Gasteiger charge is 2.38. The Morgan fingerprint density at radius 2 is 1.75 bits per heavy atom. The van der Waals surface area contributed by atoms with Crippen molar-refractivity contribution in [3.8, 4) is 0 Å². The molecule has 1 unspecified atom stereocenters. The topological polar surface area (TPSA) is 60.0 Å². The van der Waals surface area contributed by atoms with E-state index in [0.717, 1.165) is 48.4 Å². The van der Waals surface area contributed by atoms with E-state index in [1.165, 1.54) is 6.08 Å². The third-order valence-corrected chi connectivity index (χ3v) is 5.78. The molecule has 0 saturated carbocycles. The summed E-state index contributed by atoms with van der Waals surface area (Å²) in [6.45, 7) is 15.3. The minimum Gasteiger partial charge on any atom is -0.329 e. The second kappa shape index (κ2) is 10.4. The van der Waals surface area contributed by atoms with Gasteiger partial charge in [-0.05, 0) is 61.0 Å². The van der Waals surface area contributed by atoms with Crippen LogP contribution in [0.15, 0.2) is 22.7 Å². The van der Waals surface area contributed by atoms with Crippen molar-refractivity contribution in [2.45, 2.75) is 67.1 Å². The lowest BCUT2D eigenvalue weighted by Gasteiger charge is -2.30. The Kier molecular flexibility index (Phi) is 8.03. The summed E-state index contributed by atoms with van der Waals surface area (Å²) in [6, 6.07) is 5.91. The van der Waals surface area contributed by atoms with Crippen LogP contribution in [0.1, 0.15) is 71.1 Å². The number of imidazole rings is 1. The van der Waals surface area contributed by atoms with E-state index in [1.54, 1.807) is 6.08 Å². The van der Waals surface area contributed by atoms with Gasteiger partial charge in [0.15, 0.2) is 5.82 Å². The first-order valence-electron chi connectivity index (χ1n) is 12.3. The van der Waals surface area contributed by atoms with Gasteiger partial charge >= 0.3 is 12.1 Å². The maximum atomic E-state index is 12.7. The van der Waals surface area contributed by atoms with Crippen LogP contribution in [-0.4, -0.2) is 45.2 Å². The van der Waals surface area contributed by atoms with Gasteiger partial charge in [0.2, 0.25) is 0 Å². The van der Waals surface area contributed by atoms with Crippen LogP contribution in [-0.2, 0) is 19.1 Å². The Morgan fingerprint density at radius 1 is 1.06 bits per heavy atom. The van der Waals surface area contributed by atoms with Gasteiger partial charge < -0.3 is 14.0 Å². The number of nitrogens with zero attached hydrogens (tertiary/aromatic N) is 5. The summed E-state index contributed by atoms with van der Waals surface area (Å²) in [4.78, 5) is 10.6. The third kappa shape index (κ3) is 7.66. The molecule has 3 rings (SSSR count). The lowest BCUT2D eigenvalue weighted by Crippen LogP contribution is -2.33. The van der Waals surface area contributed by atoms with E-state index in [0.29, 0.717) is 5.92 Å². The number of fused-ring (bicyclic) bond motifs is 1. The minimum absolute atomic E-state index is 0.0343. The van der Waals surface area contributed by atoms with Crippen LogP contribution < -0.4 is 0 Å². The minimum atomic E-state index is -4.66. The summed E-state index contributed by atoms with van der Waals surface area (Å²) in [7, 11) is 4.17. The van der Waals surface area contributed by atoms with Gasteiger partial charge in [-0.1, -0.05) is 58.8 Å². The zero-order valence-corrected chi connectivity index (χ0v) is 22.6. The van der Waals surface area contributed by atoms with E-state index < -0.39 is 12.1 Å². The second-order valence-electron chi connectivity index (χ2n) is 12.1. The predicted octanol–water partition coefficient (Wildman–Crippen LogP) is 6.81. The van der Waals surface area contributed by atoms with Crippen molar-refractivity contribution in [2.24, 2.45) is 16.7 Å². The van der Waals surface area contributed by atoms with Gasteiger partial charge in [-0.2, -0.15) is 18.2 Å². The van der Waals surface area contributed by atoms with Crippen LogP contribution in [0, 0.1) is 16.7 Å². The molecule has 0 aliphatic rings. The van der Waals surface area contributed by atoms with Crippen molar-refractivity contribution in [2.75, 3.05) is 20.6 Å². The Balaban J connectivity index is 1.94. The highest BCUT2D eigenvalue weighted by atomic mass is 19.4. The van der Waals surface area contributed by atoms with Crippen LogP contribution in [0.2, 0.25) is 0 Å². The first kappa shape index (κ1) is 27.9. The molecule has 0 radical (unpaired) electrons. The van der Waals surface area contributed by atoms with Crippen molar-refractivity contribution in [3.05, 3.63) is 41.3 Å². The third-order valence-electron chi connectivity index (χ3n) is 5.78. The fraction of sp³-hybridized carbons (Fsp3) is 0.593. The van der Waals surface area contributed by atoms with Crippen LogP contribution in [0.5, 0.6) is 0 Å². The Morgan fingerprint density at radius 3 is 2.33 bits per heavy atom. The molecule has 1 aromatic carbocycles. The van der Waals surface area contributed by atoms with E-state index >= 15 is 0 Å². The van der Waals surface area contributed by atoms with Crippen molar-refractivity contribution in [3.63, 3.8) is 0 Å². The summed E-state index contributed by atoms with van der Waals surface area (Å²) < 4.78 is 44.8. The molecule has 3 aromatic rings. The Bertz CT molecular complexity index is 1200.